The Morgan fingerprint density at radius 3 is 2.76 bits per heavy atom. The molecule has 0 aliphatic carbocycles. The molecule has 146 valence electrons. The second kappa shape index (κ2) is 8.59. The number of carbonyl (C=O) groups excluding carboxylic acids is 1. The zero-order valence-electron chi connectivity index (χ0n) is 15.7. The number of nitrogens with zero attached hydrogens (tertiary/aromatic N) is 3. The van der Waals surface area contributed by atoms with Gasteiger partial charge in [-0.05, 0) is 42.8 Å². The highest BCUT2D eigenvalue weighted by Crippen LogP contribution is 2.35. The second-order valence-corrected chi connectivity index (χ2v) is 7.68. The topological polar surface area (TPSA) is 55.3 Å². The maximum absolute atomic E-state index is 13.4. The Hall–Kier alpha value is -2.96. The van der Waals surface area contributed by atoms with Crippen LogP contribution in [0.4, 0.5) is 5.13 Å². The van der Waals surface area contributed by atoms with Gasteiger partial charge < -0.3 is 4.74 Å². The predicted octanol–water partition coefficient (Wildman–Crippen LogP) is 5.59. The van der Waals surface area contributed by atoms with Crippen LogP contribution in [0.1, 0.15) is 22.8 Å². The highest BCUT2D eigenvalue weighted by atomic mass is 35.5. The number of hydrogen-bond donors (Lipinski definition) is 0. The van der Waals surface area contributed by atoms with Gasteiger partial charge in [0.2, 0.25) is 0 Å². The average molecular weight is 424 g/mol. The highest BCUT2D eigenvalue weighted by molar-refractivity contribution is 7.22. The molecule has 0 saturated carbocycles. The van der Waals surface area contributed by atoms with Crippen molar-refractivity contribution >= 4 is 44.2 Å². The van der Waals surface area contributed by atoms with E-state index in [9.17, 15) is 4.79 Å². The Kier molecular flexibility index (Phi) is 5.74. The van der Waals surface area contributed by atoms with E-state index < -0.39 is 0 Å². The minimum atomic E-state index is -0.212. The largest absolute Gasteiger partial charge is 0.492 e. The maximum atomic E-state index is 13.4. The lowest BCUT2D eigenvalue weighted by Crippen LogP contribution is -2.30. The molecule has 0 spiro atoms. The van der Waals surface area contributed by atoms with Crippen LogP contribution in [0.3, 0.4) is 0 Å². The predicted molar refractivity (Wildman–Crippen MR) is 117 cm³/mol. The minimum Gasteiger partial charge on any atom is -0.492 e. The molecule has 0 fully saturated rings. The number of carbonyl (C=O) groups is 1. The normalized spacial score (nSPS) is 10.8. The third-order valence-electron chi connectivity index (χ3n) is 4.31. The van der Waals surface area contributed by atoms with Crippen LogP contribution in [0.15, 0.2) is 67.0 Å². The molecule has 7 heteroatoms. The van der Waals surface area contributed by atoms with E-state index in [1.54, 1.807) is 41.6 Å². The molecule has 0 radical (unpaired) electrons. The summed E-state index contributed by atoms with van der Waals surface area (Å²) in [7, 11) is 0. The zero-order chi connectivity index (χ0) is 20.2. The van der Waals surface area contributed by atoms with Gasteiger partial charge in [0.1, 0.15) is 11.3 Å². The van der Waals surface area contributed by atoms with Crippen LogP contribution in [-0.4, -0.2) is 22.5 Å². The first-order chi connectivity index (χ1) is 14.2. The van der Waals surface area contributed by atoms with Gasteiger partial charge in [-0.15, -0.1) is 0 Å². The van der Waals surface area contributed by atoms with Crippen LogP contribution >= 0.6 is 22.9 Å². The van der Waals surface area contributed by atoms with E-state index in [4.69, 9.17) is 21.3 Å². The summed E-state index contributed by atoms with van der Waals surface area (Å²) >= 11 is 7.75. The fourth-order valence-corrected chi connectivity index (χ4v) is 4.18. The fourth-order valence-electron chi connectivity index (χ4n) is 2.98. The van der Waals surface area contributed by atoms with Crippen molar-refractivity contribution in [1.82, 2.24) is 9.97 Å². The molecular weight excluding hydrogens is 406 g/mol. The van der Waals surface area contributed by atoms with Crippen molar-refractivity contribution in [2.24, 2.45) is 0 Å². The molecule has 0 N–H and O–H groups in total. The molecule has 5 nitrogen and oxygen atoms in total. The molecular formula is C22H18ClN3O2S. The SMILES string of the molecule is CCOc1cccc2sc(N(Cc3cccnc3)C(=O)c3ccccc3Cl)nc12. The number of rotatable bonds is 6. The van der Waals surface area contributed by atoms with E-state index in [-0.39, 0.29) is 5.91 Å². The molecule has 2 aromatic carbocycles. The van der Waals surface area contributed by atoms with E-state index in [0.29, 0.717) is 34.6 Å². The van der Waals surface area contributed by atoms with Gasteiger partial charge in [0.25, 0.3) is 5.91 Å². The van der Waals surface area contributed by atoms with E-state index in [2.05, 4.69) is 4.98 Å². The standard InChI is InChI=1S/C22H18ClN3O2S/c1-2-28-18-10-5-11-19-20(18)25-22(29-19)26(14-15-7-6-12-24-13-15)21(27)16-8-3-4-9-17(16)23/h3-13H,2,14H2,1H3. The van der Waals surface area contributed by atoms with Crippen LogP contribution in [0.25, 0.3) is 10.2 Å². The summed E-state index contributed by atoms with van der Waals surface area (Å²) in [6, 6.07) is 16.6. The molecule has 0 atom stereocenters. The number of amides is 1. The number of anilines is 1. The molecule has 1 amide bonds. The molecule has 4 rings (SSSR count). The molecule has 0 aliphatic rings. The number of benzene rings is 2. The summed E-state index contributed by atoms with van der Waals surface area (Å²) in [6.07, 6.45) is 3.45. The third-order valence-corrected chi connectivity index (χ3v) is 5.69. The Morgan fingerprint density at radius 2 is 2.00 bits per heavy atom. The number of para-hydroxylation sites is 1. The van der Waals surface area contributed by atoms with Gasteiger partial charge in [0.15, 0.2) is 5.13 Å². The lowest BCUT2D eigenvalue weighted by molar-refractivity contribution is 0.0985. The van der Waals surface area contributed by atoms with Gasteiger partial charge in [-0.3, -0.25) is 14.7 Å². The molecule has 0 bridgehead atoms. The van der Waals surface area contributed by atoms with E-state index in [1.807, 2.05) is 37.3 Å². The number of fused-ring (bicyclic) bond motifs is 1. The molecule has 0 unspecified atom stereocenters. The zero-order valence-corrected chi connectivity index (χ0v) is 17.3. The number of hydrogen-bond acceptors (Lipinski definition) is 5. The minimum absolute atomic E-state index is 0.212. The van der Waals surface area contributed by atoms with Crippen LogP contribution in [0.2, 0.25) is 5.02 Å². The van der Waals surface area contributed by atoms with Gasteiger partial charge >= 0.3 is 0 Å². The lowest BCUT2D eigenvalue weighted by Gasteiger charge is -2.20. The fraction of sp³-hybridized carbons (Fsp3) is 0.136. The van der Waals surface area contributed by atoms with Crippen molar-refractivity contribution in [3.63, 3.8) is 0 Å². The Bertz CT molecular complexity index is 1150. The first kappa shape index (κ1) is 19.4. The average Bonchev–Trinajstić information content (AvgIpc) is 3.18. The summed E-state index contributed by atoms with van der Waals surface area (Å²) in [6.45, 7) is 2.81. The molecule has 0 aliphatic heterocycles. The quantitative estimate of drug-likeness (QED) is 0.405. The molecule has 2 aromatic heterocycles. The van der Waals surface area contributed by atoms with Crippen molar-refractivity contribution in [3.05, 3.63) is 83.1 Å². The van der Waals surface area contributed by atoms with Gasteiger partial charge in [0.05, 0.1) is 28.4 Å². The van der Waals surface area contributed by atoms with Crippen LogP contribution in [0.5, 0.6) is 5.75 Å². The Morgan fingerprint density at radius 1 is 1.14 bits per heavy atom. The lowest BCUT2D eigenvalue weighted by atomic mass is 10.2. The third kappa shape index (κ3) is 4.09. The second-order valence-electron chi connectivity index (χ2n) is 6.26. The summed E-state index contributed by atoms with van der Waals surface area (Å²) in [4.78, 5) is 24.0. The first-order valence-electron chi connectivity index (χ1n) is 9.15. The summed E-state index contributed by atoms with van der Waals surface area (Å²) < 4.78 is 6.66. The number of halogens is 1. The van der Waals surface area contributed by atoms with Crippen molar-refractivity contribution in [3.8, 4) is 5.75 Å². The number of thiazole rings is 1. The van der Waals surface area contributed by atoms with Crippen molar-refractivity contribution in [2.75, 3.05) is 11.5 Å². The Labute approximate surface area is 177 Å². The van der Waals surface area contributed by atoms with E-state index >= 15 is 0 Å². The van der Waals surface area contributed by atoms with Gasteiger partial charge in [-0.1, -0.05) is 47.2 Å². The van der Waals surface area contributed by atoms with Crippen LogP contribution in [-0.2, 0) is 6.54 Å². The van der Waals surface area contributed by atoms with Crippen molar-refractivity contribution in [2.45, 2.75) is 13.5 Å². The van der Waals surface area contributed by atoms with E-state index in [1.165, 1.54) is 11.3 Å². The van der Waals surface area contributed by atoms with Crippen LogP contribution < -0.4 is 9.64 Å². The first-order valence-corrected chi connectivity index (χ1v) is 10.3. The van der Waals surface area contributed by atoms with E-state index in [0.717, 1.165) is 15.8 Å². The van der Waals surface area contributed by atoms with Crippen molar-refractivity contribution in [1.29, 1.82) is 0 Å². The number of pyridine rings is 1. The Balaban J connectivity index is 1.80. The molecule has 4 aromatic rings. The van der Waals surface area contributed by atoms with Gasteiger partial charge in [0, 0.05) is 12.4 Å². The molecule has 0 saturated heterocycles. The summed E-state index contributed by atoms with van der Waals surface area (Å²) in [5.41, 5.74) is 2.08. The monoisotopic (exact) mass is 423 g/mol. The summed E-state index contributed by atoms with van der Waals surface area (Å²) in [5.74, 6) is 0.496. The van der Waals surface area contributed by atoms with Crippen molar-refractivity contribution < 1.29 is 9.53 Å². The highest BCUT2D eigenvalue weighted by Gasteiger charge is 2.24. The van der Waals surface area contributed by atoms with Gasteiger partial charge in [-0.2, -0.15) is 0 Å². The molecule has 29 heavy (non-hydrogen) atoms. The van der Waals surface area contributed by atoms with Gasteiger partial charge in [-0.25, -0.2) is 4.98 Å². The smallest absolute Gasteiger partial charge is 0.261 e. The maximum Gasteiger partial charge on any atom is 0.261 e. The number of aromatic nitrogens is 2. The van der Waals surface area contributed by atoms with Crippen LogP contribution in [0, 0.1) is 0 Å². The molecule has 2 heterocycles. The summed E-state index contributed by atoms with van der Waals surface area (Å²) in [5, 5.41) is 0.991. The number of ether oxygens (including phenoxy) is 1.